The van der Waals surface area contributed by atoms with Gasteiger partial charge in [-0.1, -0.05) is 19.8 Å². The second kappa shape index (κ2) is 7.11. The van der Waals surface area contributed by atoms with Gasteiger partial charge in [0.2, 0.25) is 11.9 Å². The Kier molecular flexibility index (Phi) is 4.92. The van der Waals surface area contributed by atoms with E-state index >= 15 is 0 Å². The third-order valence-corrected chi connectivity index (χ3v) is 4.88. The first-order valence-corrected chi connectivity index (χ1v) is 8.68. The lowest BCUT2D eigenvalue weighted by Crippen LogP contribution is -2.34. The van der Waals surface area contributed by atoms with Gasteiger partial charge in [0, 0.05) is 26.3 Å². The van der Waals surface area contributed by atoms with Gasteiger partial charge in [-0.05, 0) is 30.9 Å². The number of hydrogen-bond acceptors (Lipinski definition) is 5. The molecule has 0 atom stereocenters. The number of Topliss-reactive ketones (excluding diaryl/α,β-unsaturated/α-hetero) is 1. The van der Waals surface area contributed by atoms with Crippen LogP contribution >= 0.6 is 0 Å². The van der Waals surface area contributed by atoms with Crippen molar-refractivity contribution in [1.29, 1.82) is 0 Å². The van der Waals surface area contributed by atoms with E-state index in [0.29, 0.717) is 17.3 Å². The summed E-state index contributed by atoms with van der Waals surface area (Å²) >= 11 is 0. The van der Waals surface area contributed by atoms with Gasteiger partial charge in [0.05, 0.1) is 17.8 Å². The lowest BCUT2D eigenvalue weighted by atomic mass is 9.93. The lowest BCUT2D eigenvalue weighted by molar-refractivity contribution is -0.126. The molecule has 3 heterocycles. The Hall–Kier alpha value is -2.24. The largest absolute Gasteiger partial charge is 0.341 e. The summed E-state index contributed by atoms with van der Waals surface area (Å²) in [6.45, 7) is 4.18. The zero-order valence-corrected chi connectivity index (χ0v) is 14.4. The molecule has 1 aromatic heterocycles. The lowest BCUT2D eigenvalue weighted by Gasteiger charge is -2.31. The number of carbonyl (C=O) groups excluding carboxylic acids is 2. The Labute approximate surface area is 142 Å². The summed E-state index contributed by atoms with van der Waals surface area (Å²) in [5.74, 6) is 1.20. The molecular formula is C18H24N4O2. The molecule has 0 aliphatic carbocycles. The average Bonchev–Trinajstić information content (AvgIpc) is 2.82. The highest BCUT2D eigenvalue weighted by atomic mass is 16.2. The van der Waals surface area contributed by atoms with Crippen LogP contribution in [-0.2, 0) is 9.59 Å². The van der Waals surface area contributed by atoms with Crippen molar-refractivity contribution in [2.24, 2.45) is 5.92 Å². The van der Waals surface area contributed by atoms with Crippen molar-refractivity contribution >= 4 is 23.7 Å². The summed E-state index contributed by atoms with van der Waals surface area (Å²) < 4.78 is 0. The number of piperidine rings is 1. The quantitative estimate of drug-likeness (QED) is 0.626. The Morgan fingerprint density at radius 1 is 1.29 bits per heavy atom. The Morgan fingerprint density at radius 2 is 2.04 bits per heavy atom. The number of anilines is 1. The van der Waals surface area contributed by atoms with Gasteiger partial charge in [0.1, 0.15) is 0 Å². The van der Waals surface area contributed by atoms with Crippen molar-refractivity contribution < 1.29 is 9.59 Å². The predicted molar refractivity (Wildman–Crippen MR) is 92.2 cm³/mol. The van der Waals surface area contributed by atoms with Gasteiger partial charge in [-0.15, -0.1) is 0 Å². The number of allylic oxidation sites excluding steroid dienone is 1. The molecule has 1 aromatic rings. The fourth-order valence-electron chi connectivity index (χ4n) is 3.41. The molecule has 128 valence electrons. The highest BCUT2D eigenvalue weighted by Crippen LogP contribution is 2.25. The minimum Gasteiger partial charge on any atom is -0.341 e. The average molecular weight is 328 g/mol. The topological polar surface area (TPSA) is 66.4 Å². The molecule has 2 aliphatic heterocycles. The maximum Gasteiger partial charge on any atom is 0.234 e. The first-order chi connectivity index (χ1) is 11.6. The van der Waals surface area contributed by atoms with Crippen molar-refractivity contribution in [3.8, 4) is 0 Å². The van der Waals surface area contributed by atoms with Gasteiger partial charge >= 0.3 is 0 Å². The summed E-state index contributed by atoms with van der Waals surface area (Å²) in [5.41, 5.74) is 1.08. The Bertz CT molecular complexity index is 663. The van der Waals surface area contributed by atoms with Gasteiger partial charge in [-0.3, -0.25) is 9.59 Å². The molecule has 1 amide bonds. The van der Waals surface area contributed by atoms with E-state index in [1.54, 1.807) is 25.4 Å². The zero-order valence-electron chi connectivity index (χ0n) is 14.4. The summed E-state index contributed by atoms with van der Waals surface area (Å²) in [4.78, 5) is 36.1. The summed E-state index contributed by atoms with van der Waals surface area (Å²) in [6, 6.07) is 1.77. The second-order valence-corrected chi connectivity index (χ2v) is 6.58. The number of aromatic nitrogens is 2. The number of amides is 1. The highest BCUT2D eigenvalue weighted by molar-refractivity contribution is 6.16. The zero-order chi connectivity index (χ0) is 17.1. The number of rotatable bonds is 4. The van der Waals surface area contributed by atoms with E-state index in [9.17, 15) is 9.59 Å². The summed E-state index contributed by atoms with van der Waals surface area (Å²) in [6.07, 6.45) is 8.24. The molecule has 24 heavy (non-hydrogen) atoms. The van der Waals surface area contributed by atoms with Crippen LogP contribution in [0.2, 0.25) is 0 Å². The third-order valence-electron chi connectivity index (χ3n) is 4.88. The van der Waals surface area contributed by atoms with Crippen LogP contribution in [0.4, 0.5) is 5.95 Å². The number of ketones is 1. The van der Waals surface area contributed by atoms with Gasteiger partial charge in [0.15, 0.2) is 5.78 Å². The maximum atomic E-state index is 11.9. The monoisotopic (exact) mass is 328 g/mol. The van der Waals surface area contributed by atoms with Gasteiger partial charge < -0.3 is 9.80 Å². The van der Waals surface area contributed by atoms with E-state index in [1.165, 1.54) is 30.6 Å². The van der Waals surface area contributed by atoms with Crippen LogP contribution < -0.4 is 4.90 Å². The van der Waals surface area contributed by atoms with Crippen LogP contribution in [0.15, 0.2) is 18.0 Å². The summed E-state index contributed by atoms with van der Waals surface area (Å²) in [5, 5.41) is 0. The minimum absolute atomic E-state index is 0.0504. The molecule has 0 bridgehead atoms. The standard InChI is InChI=1S/C18H24N4O2/c1-3-4-13-6-9-22(10-7-13)18-19-8-5-14(20-18)11-15-16(23)12-17(24)21(15)2/h5,8,11,13H,3-4,6-7,9-10,12H2,1-2H3/b15-11-. The number of hydrogen-bond donors (Lipinski definition) is 0. The fourth-order valence-corrected chi connectivity index (χ4v) is 3.41. The van der Waals surface area contributed by atoms with E-state index in [-0.39, 0.29) is 18.1 Å². The van der Waals surface area contributed by atoms with Crippen molar-refractivity contribution in [2.45, 2.75) is 39.0 Å². The smallest absolute Gasteiger partial charge is 0.234 e. The SMILES string of the molecule is CCCC1CCN(c2nccc(/C=C3/C(=O)CC(=O)N3C)n2)CC1. The van der Waals surface area contributed by atoms with E-state index in [0.717, 1.165) is 19.0 Å². The summed E-state index contributed by atoms with van der Waals surface area (Å²) in [7, 11) is 1.62. The molecule has 0 radical (unpaired) electrons. The van der Waals surface area contributed by atoms with Crippen molar-refractivity contribution in [1.82, 2.24) is 14.9 Å². The molecule has 2 fully saturated rings. The van der Waals surface area contributed by atoms with E-state index in [2.05, 4.69) is 21.8 Å². The van der Waals surface area contributed by atoms with E-state index in [1.807, 2.05) is 0 Å². The van der Waals surface area contributed by atoms with Crippen LogP contribution in [0, 0.1) is 5.92 Å². The molecule has 6 nitrogen and oxygen atoms in total. The maximum absolute atomic E-state index is 11.9. The number of likely N-dealkylation sites (tertiary alicyclic amines) is 1. The Balaban J connectivity index is 1.73. The number of likely N-dealkylation sites (N-methyl/N-ethyl adjacent to an activating group) is 1. The first kappa shape index (κ1) is 16.6. The fraction of sp³-hybridized carbons (Fsp3) is 0.556. The van der Waals surface area contributed by atoms with Crippen LogP contribution in [0.25, 0.3) is 6.08 Å². The third kappa shape index (κ3) is 3.47. The predicted octanol–water partition coefficient (Wildman–Crippen LogP) is 2.27. The van der Waals surface area contributed by atoms with Gasteiger partial charge in [0.25, 0.3) is 0 Å². The van der Waals surface area contributed by atoms with Gasteiger partial charge in [-0.25, -0.2) is 9.97 Å². The normalized spacial score (nSPS) is 21.2. The highest BCUT2D eigenvalue weighted by Gasteiger charge is 2.30. The van der Waals surface area contributed by atoms with E-state index < -0.39 is 0 Å². The number of carbonyl (C=O) groups is 2. The molecule has 0 aromatic carbocycles. The van der Waals surface area contributed by atoms with Crippen molar-refractivity contribution in [3.05, 3.63) is 23.7 Å². The second-order valence-electron chi connectivity index (χ2n) is 6.58. The van der Waals surface area contributed by atoms with E-state index in [4.69, 9.17) is 0 Å². The minimum atomic E-state index is -0.168. The van der Waals surface area contributed by atoms with Crippen LogP contribution in [-0.4, -0.2) is 46.7 Å². The molecule has 6 heteroatoms. The van der Waals surface area contributed by atoms with Crippen LogP contribution in [0.1, 0.15) is 44.7 Å². The molecular weight excluding hydrogens is 304 g/mol. The van der Waals surface area contributed by atoms with Gasteiger partial charge in [-0.2, -0.15) is 0 Å². The first-order valence-electron chi connectivity index (χ1n) is 8.68. The molecule has 2 saturated heterocycles. The molecule has 0 spiro atoms. The van der Waals surface area contributed by atoms with Crippen LogP contribution in [0.3, 0.4) is 0 Å². The Morgan fingerprint density at radius 3 is 2.67 bits per heavy atom. The molecule has 0 N–H and O–H groups in total. The molecule has 3 rings (SSSR count). The number of nitrogens with zero attached hydrogens (tertiary/aromatic N) is 4. The molecule has 0 saturated carbocycles. The van der Waals surface area contributed by atoms with Crippen molar-refractivity contribution in [2.75, 3.05) is 25.0 Å². The molecule has 0 unspecified atom stereocenters. The van der Waals surface area contributed by atoms with Crippen LogP contribution in [0.5, 0.6) is 0 Å². The van der Waals surface area contributed by atoms with Crippen molar-refractivity contribution in [3.63, 3.8) is 0 Å². The molecule has 2 aliphatic rings.